The molecule has 3 aromatic rings. The van der Waals surface area contributed by atoms with Crippen LogP contribution in [-0.2, 0) is 0 Å². The first-order valence-corrected chi connectivity index (χ1v) is 6.54. The highest BCUT2D eigenvalue weighted by Gasteiger charge is 2.07. The number of hydrogen-bond donors (Lipinski definition) is 1. The number of aromatic nitrogens is 3. The molecule has 0 amide bonds. The number of hydrogen-bond acceptors (Lipinski definition) is 3. The van der Waals surface area contributed by atoms with Crippen LogP contribution in [0.3, 0.4) is 0 Å². The Hall–Kier alpha value is -2.62. The molecule has 2 heterocycles. The van der Waals surface area contributed by atoms with Crippen LogP contribution in [-0.4, -0.2) is 21.1 Å². The van der Waals surface area contributed by atoms with Gasteiger partial charge in [0, 0.05) is 30.0 Å². The van der Waals surface area contributed by atoms with Gasteiger partial charge in [0.1, 0.15) is 0 Å². The second kappa shape index (κ2) is 5.17. The summed E-state index contributed by atoms with van der Waals surface area (Å²) in [7, 11) is 0. The molecule has 4 heteroatoms. The number of anilines is 1. The van der Waals surface area contributed by atoms with E-state index >= 15 is 0 Å². The van der Waals surface area contributed by atoms with Crippen LogP contribution in [0.2, 0.25) is 0 Å². The van der Waals surface area contributed by atoms with Gasteiger partial charge in [0.25, 0.3) is 0 Å². The summed E-state index contributed by atoms with van der Waals surface area (Å²) in [6, 6.07) is 10.2. The molecule has 0 unspecified atom stereocenters. The minimum Gasteiger partial charge on any atom is -0.352 e. The molecular formula is C16H16N4. The Labute approximate surface area is 117 Å². The smallest absolute Gasteiger partial charge is 0.207 e. The molecule has 3 rings (SSSR count). The minimum absolute atomic E-state index is 0.686. The SMILES string of the molecule is C=CCNc1nc(C)cn1-c1ccc2ncccc2c1. The summed E-state index contributed by atoms with van der Waals surface area (Å²) in [5.74, 6) is 0.825. The quantitative estimate of drug-likeness (QED) is 0.735. The maximum atomic E-state index is 4.49. The van der Waals surface area contributed by atoms with E-state index in [1.165, 1.54) is 0 Å². The lowest BCUT2D eigenvalue weighted by atomic mass is 10.2. The highest BCUT2D eigenvalue weighted by atomic mass is 15.2. The maximum Gasteiger partial charge on any atom is 0.207 e. The zero-order valence-corrected chi connectivity index (χ0v) is 11.4. The van der Waals surface area contributed by atoms with Gasteiger partial charge in [-0.05, 0) is 31.2 Å². The predicted octanol–water partition coefficient (Wildman–Crippen LogP) is 3.33. The molecule has 0 bridgehead atoms. The van der Waals surface area contributed by atoms with Gasteiger partial charge in [-0.3, -0.25) is 9.55 Å². The van der Waals surface area contributed by atoms with Crippen molar-refractivity contribution < 1.29 is 0 Å². The largest absolute Gasteiger partial charge is 0.352 e. The van der Waals surface area contributed by atoms with Gasteiger partial charge in [-0.1, -0.05) is 12.1 Å². The van der Waals surface area contributed by atoms with E-state index in [0.29, 0.717) is 6.54 Å². The molecule has 0 fully saturated rings. The molecule has 0 saturated heterocycles. The fourth-order valence-corrected chi connectivity index (χ4v) is 2.20. The van der Waals surface area contributed by atoms with Crippen LogP contribution in [0.15, 0.2) is 55.4 Å². The third-order valence-electron chi connectivity index (χ3n) is 3.10. The van der Waals surface area contributed by atoms with E-state index < -0.39 is 0 Å². The van der Waals surface area contributed by atoms with Crippen LogP contribution in [0.1, 0.15) is 5.69 Å². The first kappa shape index (κ1) is 12.4. The molecule has 0 saturated carbocycles. The van der Waals surface area contributed by atoms with Crippen LogP contribution in [0.25, 0.3) is 16.6 Å². The van der Waals surface area contributed by atoms with Crippen LogP contribution >= 0.6 is 0 Å². The number of nitrogens with zero attached hydrogens (tertiary/aromatic N) is 3. The first-order valence-electron chi connectivity index (χ1n) is 6.54. The third kappa shape index (κ3) is 2.28. The number of benzene rings is 1. The molecule has 0 aliphatic heterocycles. The van der Waals surface area contributed by atoms with Gasteiger partial charge in [0.05, 0.1) is 11.2 Å². The lowest BCUT2D eigenvalue weighted by Crippen LogP contribution is -2.05. The number of nitrogens with one attached hydrogen (secondary N) is 1. The van der Waals surface area contributed by atoms with Gasteiger partial charge in [0.2, 0.25) is 5.95 Å². The van der Waals surface area contributed by atoms with Crippen molar-refractivity contribution in [2.24, 2.45) is 0 Å². The lowest BCUT2D eigenvalue weighted by Gasteiger charge is -2.09. The molecular weight excluding hydrogens is 248 g/mol. The molecule has 1 N–H and O–H groups in total. The summed E-state index contributed by atoms with van der Waals surface area (Å²) in [5, 5.41) is 4.37. The van der Waals surface area contributed by atoms with E-state index in [1.54, 1.807) is 6.20 Å². The Balaban J connectivity index is 2.07. The van der Waals surface area contributed by atoms with E-state index in [2.05, 4.69) is 40.1 Å². The molecule has 2 aromatic heterocycles. The van der Waals surface area contributed by atoms with Crippen molar-refractivity contribution >= 4 is 16.9 Å². The Morgan fingerprint density at radius 1 is 1.35 bits per heavy atom. The van der Waals surface area contributed by atoms with Crippen LogP contribution < -0.4 is 5.32 Å². The molecule has 100 valence electrons. The second-order valence-electron chi connectivity index (χ2n) is 4.63. The lowest BCUT2D eigenvalue weighted by molar-refractivity contribution is 1.04. The highest BCUT2D eigenvalue weighted by molar-refractivity contribution is 5.80. The van der Waals surface area contributed by atoms with Crippen LogP contribution in [0, 0.1) is 6.92 Å². The Bertz CT molecular complexity index is 758. The van der Waals surface area contributed by atoms with Gasteiger partial charge < -0.3 is 5.32 Å². The summed E-state index contributed by atoms with van der Waals surface area (Å²) >= 11 is 0. The molecule has 0 spiro atoms. The average Bonchev–Trinajstić information content (AvgIpc) is 2.85. The van der Waals surface area contributed by atoms with E-state index in [4.69, 9.17) is 0 Å². The van der Waals surface area contributed by atoms with Crippen molar-refractivity contribution in [2.45, 2.75) is 6.92 Å². The topological polar surface area (TPSA) is 42.7 Å². The predicted molar refractivity (Wildman–Crippen MR) is 82.3 cm³/mol. The third-order valence-corrected chi connectivity index (χ3v) is 3.10. The van der Waals surface area contributed by atoms with Gasteiger partial charge in [-0.15, -0.1) is 6.58 Å². The zero-order chi connectivity index (χ0) is 13.9. The monoisotopic (exact) mass is 264 g/mol. The van der Waals surface area contributed by atoms with Crippen molar-refractivity contribution in [3.05, 3.63) is 61.1 Å². The molecule has 20 heavy (non-hydrogen) atoms. The Kier molecular flexibility index (Phi) is 3.21. The summed E-state index contributed by atoms with van der Waals surface area (Å²) < 4.78 is 2.05. The highest BCUT2D eigenvalue weighted by Crippen LogP contribution is 2.20. The second-order valence-corrected chi connectivity index (χ2v) is 4.63. The molecule has 1 aromatic carbocycles. The summed E-state index contributed by atoms with van der Waals surface area (Å²) in [4.78, 5) is 8.83. The molecule has 4 nitrogen and oxygen atoms in total. The van der Waals surface area contributed by atoms with E-state index in [0.717, 1.165) is 28.2 Å². The van der Waals surface area contributed by atoms with E-state index in [1.807, 2.05) is 35.9 Å². The van der Waals surface area contributed by atoms with Crippen molar-refractivity contribution in [2.75, 3.05) is 11.9 Å². The van der Waals surface area contributed by atoms with E-state index in [-0.39, 0.29) is 0 Å². The molecule has 0 aliphatic carbocycles. The van der Waals surface area contributed by atoms with Gasteiger partial charge in [-0.2, -0.15) is 0 Å². The standard InChI is InChI=1S/C16H16N4/c1-3-8-18-16-19-12(2)11-20(16)14-6-7-15-13(10-14)5-4-9-17-15/h3-7,9-11H,1,8H2,2H3,(H,18,19). The normalized spacial score (nSPS) is 10.7. The minimum atomic E-state index is 0.686. The van der Waals surface area contributed by atoms with Gasteiger partial charge in [0.15, 0.2) is 0 Å². The molecule has 0 radical (unpaired) electrons. The van der Waals surface area contributed by atoms with Crippen molar-refractivity contribution in [1.82, 2.24) is 14.5 Å². The van der Waals surface area contributed by atoms with Crippen molar-refractivity contribution in [3.63, 3.8) is 0 Å². The number of rotatable bonds is 4. The molecule has 0 atom stereocenters. The fourth-order valence-electron chi connectivity index (χ4n) is 2.20. The molecule has 0 aliphatic rings. The van der Waals surface area contributed by atoms with Crippen LogP contribution in [0.5, 0.6) is 0 Å². The Morgan fingerprint density at radius 3 is 3.10 bits per heavy atom. The number of fused-ring (bicyclic) bond motifs is 1. The maximum absolute atomic E-state index is 4.49. The summed E-state index contributed by atoms with van der Waals surface area (Å²) in [6.45, 7) is 6.39. The summed E-state index contributed by atoms with van der Waals surface area (Å²) in [5.41, 5.74) is 3.04. The van der Waals surface area contributed by atoms with Gasteiger partial charge >= 0.3 is 0 Å². The summed E-state index contributed by atoms with van der Waals surface area (Å²) in [6.07, 6.45) is 5.64. The fraction of sp³-hybridized carbons (Fsp3) is 0.125. The zero-order valence-electron chi connectivity index (χ0n) is 11.4. The van der Waals surface area contributed by atoms with E-state index in [9.17, 15) is 0 Å². The number of pyridine rings is 1. The van der Waals surface area contributed by atoms with Crippen molar-refractivity contribution in [1.29, 1.82) is 0 Å². The number of imidazole rings is 1. The van der Waals surface area contributed by atoms with Gasteiger partial charge in [-0.25, -0.2) is 4.98 Å². The number of aryl methyl sites for hydroxylation is 1. The first-order chi connectivity index (χ1) is 9.78. The average molecular weight is 264 g/mol. The van der Waals surface area contributed by atoms with Crippen molar-refractivity contribution in [3.8, 4) is 5.69 Å². The van der Waals surface area contributed by atoms with Crippen LogP contribution in [0.4, 0.5) is 5.95 Å². The Morgan fingerprint density at radius 2 is 2.25 bits per heavy atom.